The zero-order valence-electron chi connectivity index (χ0n) is 12.5. The van der Waals surface area contributed by atoms with Gasteiger partial charge < -0.3 is 10.6 Å². The molecule has 0 aliphatic carbocycles. The minimum absolute atomic E-state index is 0.157. The first-order valence-electron chi connectivity index (χ1n) is 7.01. The van der Waals surface area contributed by atoms with Gasteiger partial charge in [0.25, 0.3) is 5.91 Å². The highest BCUT2D eigenvalue weighted by molar-refractivity contribution is 5.93. The molecule has 3 rings (SSSR count). The van der Waals surface area contributed by atoms with Gasteiger partial charge in [0.15, 0.2) is 12.0 Å². The lowest BCUT2D eigenvalue weighted by molar-refractivity contribution is -0.123. The molecule has 1 atom stereocenters. The molecule has 0 spiro atoms. The van der Waals surface area contributed by atoms with Crippen LogP contribution in [0, 0.1) is 0 Å². The second kappa shape index (κ2) is 5.98. The van der Waals surface area contributed by atoms with Crippen molar-refractivity contribution in [2.75, 3.05) is 19.4 Å². The van der Waals surface area contributed by atoms with Gasteiger partial charge in [-0.05, 0) is 26.2 Å². The summed E-state index contributed by atoms with van der Waals surface area (Å²) in [5, 5.41) is 10.3. The van der Waals surface area contributed by atoms with E-state index in [9.17, 15) is 4.79 Å². The van der Waals surface area contributed by atoms with E-state index >= 15 is 0 Å². The first-order chi connectivity index (χ1) is 10.7. The van der Waals surface area contributed by atoms with Crippen molar-refractivity contribution in [3.63, 3.8) is 0 Å². The molecule has 7 heteroatoms. The van der Waals surface area contributed by atoms with Crippen molar-refractivity contribution in [1.29, 1.82) is 0 Å². The standard InChI is InChI=1S/C15H18N6O/c1-20(2)15(14(22)19-12-6-4-3-5-7-12)21-13-11(9-18-21)8-16-10-17-13/h3-7,9-10,15H,8H2,1-2H3,(H,16,17)(H,19,22). The fraction of sp³-hybridized carbons (Fsp3) is 0.267. The Morgan fingerprint density at radius 1 is 1.36 bits per heavy atom. The van der Waals surface area contributed by atoms with E-state index < -0.39 is 6.17 Å². The SMILES string of the molecule is CN(C)C(C(=O)Nc1ccccc1)n1ncc2c1N=CNC2. The van der Waals surface area contributed by atoms with E-state index in [0.717, 1.165) is 11.3 Å². The third-order valence-electron chi connectivity index (χ3n) is 3.41. The molecule has 0 radical (unpaired) electrons. The molecule has 1 aromatic carbocycles. The number of hydrogen-bond donors (Lipinski definition) is 2. The smallest absolute Gasteiger partial charge is 0.264 e. The van der Waals surface area contributed by atoms with E-state index in [0.29, 0.717) is 12.4 Å². The van der Waals surface area contributed by atoms with Crippen molar-refractivity contribution in [3.8, 4) is 0 Å². The van der Waals surface area contributed by atoms with Crippen LogP contribution in [0.15, 0.2) is 41.5 Å². The quantitative estimate of drug-likeness (QED) is 0.893. The monoisotopic (exact) mass is 298 g/mol. The lowest BCUT2D eigenvalue weighted by Crippen LogP contribution is -2.37. The minimum Gasteiger partial charge on any atom is -0.372 e. The van der Waals surface area contributed by atoms with Crippen LogP contribution in [-0.2, 0) is 11.3 Å². The average molecular weight is 298 g/mol. The van der Waals surface area contributed by atoms with Gasteiger partial charge in [-0.15, -0.1) is 0 Å². The highest BCUT2D eigenvalue weighted by atomic mass is 16.2. The highest BCUT2D eigenvalue weighted by Gasteiger charge is 2.27. The van der Waals surface area contributed by atoms with Crippen molar-refractivity contribution >= 4 is 23.8 Å². The molecular formula is C15H18N6O. The Balaban J connectivity index is 1.89. The topological polar surface area (TPSA) is 74.5 Å². The van der Waals surface area contributed by atoms with E-state index in [-0.39, 0.29) is 5.91 Å². The average Bonchev–Trinajstić information content (AvgIpc) is 2.92. The van der Waals surface area contributed by atoms with Crippen LogP contribution in [0.2, 0.25) is 0 Å². The first kappa shape index (κ1) is 14.3. The minimum atomic E-state index is -0.570. The lowest BCUT2D eigenvalue weighted by atomic mass is 10.3. The van der Waals surface area contributed by atoms with Gasteiger partial charge in [0, 0.05) is 17.8 Å². The number of nitrogens with zero attached hydrogens (tertiary/aromatic N) is 4. The summed E-state index contributed by atoms with van der Waals surface area (Å²) in [5.41, 5.74) is 1.73. The number of hydrogen-bond acceptors (Lipinski definition) is 5. The van der Waals surface area contributed by atoms with Gasteiger partial charge in [-0.25, -0.2) is 9.67 Å². The molecule has 2 heterocycles. The summed E-state index contributed by atoms with van der Waals surface area (Å²) < 4.78 is 1.64. The molecule has 2 aromatic rings. The van der Waals surface area contributed by atoms with Crippen molar-refractivity contribution in [3.05, 3.63) is 42.1 Å². The maximum atomic E-state index is 12.7. The number of aliphatic imine (C=N–C) groups is 1. The third kappa shape index (κ3) is 2.71. The summed E-state index contributed by atoms with van der Waals surface area (Å²) in [4.78, 5) is 18.8. The summed E-state index contributed by atoms with van der Waals surface area (Å²) in [6, 6.07) is 9.37. The van der Waals surface area contributed by atoms with Gasteiger partial charge in [0.05, 0.1) is 12.5 Å². The predicted octanol–water partition coefficient (Wildman–Crippen LogP) is 1.34. The van der Waals surface area contributed by atoms with E-state index in [1.54, 1.807) is 17.2 Å². The molecule has 1 aromatic heterocycles. The summed E-state index contributed by atoms with van der Waals surface area (Å²) in [6.45, 7) is 0.666. The van der Waals surface area contributed by atoms with Gasteiger partial charge in [-0.3, -0.25) is 9.69 Å². The van der Waals surface area contributed by atoms with E-state index in [1.165, 1.54) is 0 Å². The van der Waals surface area contributed by atoms with Crippen LogP contribution in [0.5, 0.6) is 0 Å². The zero-order valence-corrected chi connectivity index (χ0v) is 12.5. The normalized spacial score (nSPS) is 14.3. The fourth-order valence-corrected chi connectivity index (χ4v) is 2.39. The molecule has 1 aliphatic rings. The maximum absolute atomic E-state index is 12.7. The van der Waals surface area contributed by atoms with Crippen molar-refractivity contribution in [2.24, 2.45) is 4.99 Å². The molecule has 0 bridgehead atoms. The van der Waals surface area contributed by atoms with Crippen LogP contribution in [0.3, 0.4) is 0 Å². The first-order valence-corrected chi connectivity index (χ1v) is 7.01. The molecule has 1 amide bonds. The van der Waals surface area contributed by atoms with E-state index in [1.807, 2.05) is 49.3 Å². The summed E-state index contributed by atoms with van der Waals surface area (Å²) >= 11 is 0. The Hall–Kier alpha value is -2.67. The van der Waals surface area contributed by atoms with Crippen molar-refractivity contribution in [2.45, 2.75) is 12.7 Å². The van der Waals surface area contributed by atoms with Gasteiger partial charge in [-0.1, -0.05) is 18.2 Å². The van der Waals surface area contributed by atoms with Crippen LogP contribution in [0.4, 0.5) is 11.5 Å². The van der Waals surface area contributed by atoms with Gasteiger partial charge in [0.2, 0.25) is 0 Å². The molecule has 114 valence electrons. The Morgan fingerprint density at radius 2 is 2.14 bits per heavy atom. The number of nitrogens with one attached hydrogen (secondary N) is 2. The van der Waals surface area contributed by atoms with Gasteiger partial charge in [-0.2, -0.15) is 5.10 Å². The fourth-order valence-electron chi connectivity index (χ4n) is 2.39. The Labute approximate surface area is 128 Å². The molecular weight excluding hydrogens is 280 g/mol. The van der Waals surface area contributed by atoms with E-state index in [2.05, 4.69) is 20.7 Å². The lowest BCUT2D eigenvalue weighted by Gasteiger charge is -2.25. The van der Waals surface area contributed by atoms with E-state index in [4.69, 9.17) is 0 Å². The Kier molecular flexibility index (Phi) is 3.88. The van der Waals surface area contributed by atoms with Crippen LogP contribution in [-0.4, -0.2) is 41.0 Å². The largest absolute Gasteiger partial charge is 0.372 e. The number of benzene rings is 1. The van der Waals surface area contributed by atoms with Crippen LogP contribution >= 0.6 is 0 Å². The molecule has 1 aliphatic heterocycles. The molecule has 7 nitrogen and oxygen atoms in total. The second-order valence-electron chi connectivity index (χ2n) is 5.27. The predicted molar refractivity (Wildman–Crippen MR) is 85.0 cm³/mol. The van der Waals surface area contributed by atoms with Gasteiger partial charge in [0.1, 0.15) is 0 Å². The van der Waals surface area contributed by atoms with Crippen molar-refractivity contribution in [1.82, 2.24) is 20.0 Å². The molecule has 0 saturated carbocycles. The number of fused-ring (bicyclic) bond motifs is 1. The number of carbonyl (C=O) groups is 1. The number of amides is 1. The molecule has 1 unspecified atom stereocenters. The number of likely N-dealkylation sites (N-methyl/N-ethyl adjacent to an activating group) is 1. The number of rotatable bonds is 4. The zero-order chi connectivity index (χ0) is 15.5. The summed E-state index contributed by atoms with van der Waals surface area (Å²) in [5.74, 6) is 0.552. The molecule has 0 saturated heterocycles. The number of para-hydroxylation sites is 1. The Bertz CT molecular complexity index is 691. The van der Waals surface area contributed by atoms with Crippen LogP contribution in [0.25, 0.3) is 0 Å². The molecule has 0 fully saturated rings. The number of carbonyl (C=O) groups excluding carboxylic acids is 1. The van der Waals surface area contributed by atoms with Gasteiger partial charge >= 0.3 is 0 Å². The summed E-state index contributed by atoms with van der Waals surface area (Å²) in [7, 11) is 3.68. The van der Waals surface area contributed by atoms with Crippen LogP contribution in [0.1, 0.15) is 11.7 Å². The number of anilines is 1. The second-order valence-corrected chi connectivity index (χ2v) is 5.27. The molecule has 2 N–H and O–H groups in total. The summed E-state index contributed by atoms with van der Waals surface area (Å²) in [6.07, 6.45) is 2.80. The third-order valence-corrected chi connectivity index (χ3v) is 3.41. The number of aromatic nitrogens is 2. The maximum Gasteiger partial charge on any atom is 0.264 e. The highest BCUT2D eigenvalue weighted by Crippen LogP contribution is 2.26. The Morgan fingerprint density at radius 3 is 2.86 bits per heavy atom. The van der Waals surface area contributed by atoms with Crippen LogP contribution < -0.4 is 10.6 Å². The molecule has 22 heavy (non-hydrogen) atoms. The van der Waals surface area contributed by atoms with Crippen molar-refractivity contribution < 1.29 is 4.79 Å².